The lowest BCUT2D eigenvalue weighted by molar-refractivity contribution is -0.146. The van der Waals surface area contributed by atoms with Crippen molar-refractivity contribution in [2.24, 2.45) is 0 Å². The summed E-state index contributed by atoms with van der Waals surface area (Å²) in [7, 11) is -2.84. The average molecular weight is 1100 g/mol. The van der Waals surface area contributed by atoms with Crippen LogP contribution < -0.4 is 16.0 Å². The number of benzene rings is 2. The van der Waals surface area contributed by atoms with Gasteiger partial charge in [0.05, 0.1) is 72.6 Å². The Hall–Kier alpha value is -3.99. The van der Waals surface area contributed by atoms with Gasteiger partial charge in [0.15, 0.2) is 11.6 Å². The molecule has 0 saturated heterocycles. The fourth-order valence-corrected chi connectivity index (χ4v) is 9.14. The molecule has 0 fully saturated rings. The third-order valence-corrected chi connectivity index (χ3v) is 15.9. The quantitative estimate of drug-likeness (QED) is 0.0246. The second-order valence-electron chi connectivity index (χ2n) is 21.9. The molecule has 2 atom stereocenters. The largest absolute Gasteiger partial charge is 0.465 e. The van der Waals surface area contributed by atoms with Gasteiger partial charge in [0.1, 0.15) is 17.9 Å². The minimum absolute atomic E-state index is 0.0178. The van der Waals surface area contributed by atoms with Crippen LogP contribution in [0.2, 0.25) is 51.4 Å². The average Bonchev–Trinajstić information content (AvgIpc) is 3.38. The first-order chi connectivity index (χ1) is 36.5. The number of carbonyl (C=O) groups is 6. The van der Waals surface area contributed by atoms with Crippen LogP contribution in [-0.2, 0) is 47.6 Å². The van der Waals surface area contributed by atoms with E-state index in [9.17, 15) is 28.8 Å². The van der Waals surface area contributed by atoms with Crippen LogP contribution in [0.15, 0.2) is 60.7 Å². The Bertz CT molecular complexity index is 1760. The summed E-state index contributed by atoms with van der Waals surface area (Å²) in [6.45, 7) is 23.5. The van der Waals surface area contributed by atoms with E-state index in [0.29, 0.717) is 83.6 Å². The van der Waals surface area contributed by atoms with Gasteiger partial charge in [-0.05, 0) is 70.1 Å². The molecule has 16 nitrogen and oxygen atoms in total. The molecule has 0 saturated carbocycles. The summed E-state index contributed by atoms with van der Waals surface area (Å²) in [5, 5.41) is 9.15. The van der Waals surface area contributed by atoms with E-state index in [4.69, 9.17) is 28.4 Å². The van der Waals surface area contributed by atoms with Gasteiger partial charge in [-0.2, -0.15) is 0 Å². The van der Waals surface area contributed by atoms with Crippen LogP contribution in [0.5, 0.6) is 0 Å². The van der Waals surface area contributed by atoms with Crippen molar-refractivity contribution >= 4 is 51.3 Å². The second kappa shape index (κ2) is 42.0. The SMILES string of the molecule is CCCOCCOCCOCCOCCN(CCCCCCC(=O)CC[C@H](NCC(=O)c1ccccc1)C(=O)OCC[Si](C)(C)C)CCCCCNC(=O)CC[C@H](NCC(=O)c1ccccc1)C(=O)OCC[Si](C)(C)C. The highest BCUT2D eigenvalue weighted by molar-refractivity contribution is 6.76. The Morgan fingerprint density at radius 3 is 1.39 bits per heavy atom. The van der Waals surface area contributed by atoms with Crippen molar-refractivity contribution in [1.82, 2.24) is 20.9 Å². The molecule has 0 aliphatic rings. The highest BCUT2D eigenvalue weighted by Gasteiger charge is 2.25. The molecule has 0 spiro atoms. The highest BCUT2D eigenvalue weighted by Crippen LogP contribution is 2.14. The standard InChI is InChI=1S/C58H98N4O12Si2/c1-8-35-69-37-39-71-41-42-72-40-38-70-36-34-62(32-20-10-9-18-26-51(63)27-28-52(57(67)73-43-45-75(2,3)4)60-47-54(64)49-22-14-11-15-23-49)33-21-13-19-31-59-56(66)30-29-53(58(68)74-44-46-76(5,6)7)61-48-55(65)50-24-16-12-17-25-50/h11-12,14-17,22-25,52-53,60-61H,8-10,13,18-21,26-48H2,1-7H3,(H,59,66)/t52-,53-/m0/s1. The molecule has 2 rings (SSSR count). The number of hydrogen-bond acceptors (Lipinski definition) is 15. The molecule has 0 heterocycles. The Kier molecular flexibility index (Phi) is 37.7. The van der Waals surface area contributed by atoms with E-state index in [0.717, 1.165) is 89.7 Å². The van der Waals surface area contributed by atoms with Gasteiger partial charge in [0.25, 0.3) is 0 Å². The number of nitrogens with zero attached hydrogens (tertiary/aromatic N) is 1. The van der Waals surface area contributed by atoms with Crippen LogP contribution in [0, 0.1) is 0 Å². The molecule has 2 aromatic rings. The van der Waals surface area contributed by atoms with Crippen LogP contribution in [0.3, 0.4) is 0 Å². The fraction of sp³-hybridized carbons (Fsp3) is 0.690. The highest BCUT2D eigenvalue weighted by atomic mass is 28.3. The van der Waals surface area contributed by atoms with Crippen LogP contribution >= 0.6 is 0 Å². The maximum absolute atomic E-state index is 13.1. The minimum Gasteiger partial charge on any atom is -0.465 e. The molecule has 0 aromatic heterocycles. The van der Waals surface area contributed by atoms with Crippen LogP contribution in [0.25, 0.3) is 0 Å². The number of rotatable bonds is 49. The molecule has 1 amide bonds. The third-order valence-electron chi connectivity index (χ3n) is 12.5. The number of unbranched alkanes of at least 4 members (excludes halogenated alkanes) is 5. The van der Waals surface area contributed by atoms with Crippen molar-refractivity contribution in [2.45, 2.75) is 154 Å². The normalized spacial score (nSPS) is 12.6. The zero-order valence-electron chi connectivity index (χ0n) is 47.7. The lowest BCUT2D eigenvalue weighted by Gasteiger charge is -2.22. The number of esters is 2. The smallest absolute Gasteiger partial charge is 0.323 e. The summed E-state index contributed by atoms with van der Waals surface area (Å²) in [5.74, 6) is -1.17. The third kappa shape index (κ3) is 36.9. The molecule has 0 bridgehead atoms. The van der Waals surface area contributed by atoms with Crippen molar-refractivity contribution in [3.63, 3.8) is 0 Å². The first-order valence-electron chi connectivity index (χ1n) is 28.3. The summed E-state index contributed by atoms with van der Waals surface area (Å²) >= 11 is 0. The van der Waals surface area contributed by atoms with Gasteiger partial charge in [-0.25, -0.2) is 0 Å². The number of ether oxygens (including phenoxy) is 6. The minimum atomic E-state index is -1.42. The number of nitrogens with one attached hydrogen (secondary N) is 3. The Labute approximate surface area is 458 Å². The topological polar surface area (TPSA) is 197 Å². The Morgan fingerprint density at radius 1 is 0.487 bits per heavy atom. The summed E-state index contributed by atoms with van der Waals surface area (Å²) in [4.78, 5) is 80.2. The van der Waals surface area contributed by atoms with E-state index in [-0.39, 0.29) is 62.0 Å². The molecule has 0 unspecified atom stereocenters. The molecule has 76 heavy (non-hydrogen) atoms. The number of ketones is 3. The molecule has 0 aliphatic heterocycles. The summed E-state index contributed by atoms with van der Waals surface area (Å²) in [5.41, 5.74) is 1.11. The molecule has 3 N–H and O–H groups in total. The summed E-state index contributed by atoms with van der Waals surface area (Å²) < 4.78 is 33.8. The molecule has 18 heteroatoms. The summed E-state index contributed by atoms with van der Waals surface area (Å²) in [6.07, 6.45) is 8.60. The number of hydrogen-bond donors (Lipinski definition) is 3. The van der Waals surface area contributed by atoms with E-state index in [1.54, 1.807) is 48.5 Å². The predicted octanol–water partition coefficient (Wildman–Crippen LogP) is 8.58. The van der Waals surface area contributed by atoms with Gasteiger partial charge in [-0.3, -0.25) is 39.4 Å². The van der Waals surface area contributed by atoms with Crippen LogP contribution in [0.4, 0.5) is 0 Å². The Balaban J connectivity index is 1.81. The number of Topliss-reactive ketones (excluding diaryl/α,β-unsaturated/α-hetero) is 3. The van der Waals surface area contributed by atoms with Gasteiger partial charge in [0.2, 0.25) is 5.91 Å². The van der Waals surface area contributed by atoms with Crippen molar-refractivity contribution in [3.8, 4) is 0 Å². The van der Waals surface area contributed by atoms with Gasteiger partial charge in [-0.1, -0.05) is 126 Å². The second-order valence-corrected chi connectivity index (χ2v) is 33.1. The Morgan fingerprint density at radius 2 is 0.921 bits per heavy atom. The van der Waals surface area contributed by atoms with Crippen molar-refractivity contribution in [3.05, 3.63) is 71.8 Å². The first-order valence-corrected chi connectivity index (χ1v) is 35.7. The number of amides is 1. The molecule has 2 aromatic carbocycles. The fourth-order valence-electron chi connectivity index (χ4n) is 7.71. The lowest BCUT2D eigenvalue weighted by atomic mass is 10.0. The van der Waals surface area contributed by atoms with Crippen molar-refractivity contribution < 1.29 is 57.2 Å². The molecular formula is C58H98N4O12Si2. The zero-order valence-corrected chi connectivity index (χ0v) is 49.7. The van der Waals surface area contributed by atoms with E-state index in [1.807, 2.05) is 12.1 Å². The van der Waals surface area contributed by atoms with Gasteiger partial charge >= 0.3 is 11.9 Å². The van der Waals surface area contributed by atoms with Gasteiger partial charge in [-0.15, -0.1) is 0 Å². The van der Waals surface area contributed by atoms with Gasteiger partial charge in [0, 0.05) is 66.2 Å². The van der Waals surface area contributed by atoms with Crippen molar-refractivity contribution in [1.29, 1.82) is 0 Å². The van der Waals surface area contributed by atoms with Crippen LogP contribution in [0.1, 0.15) is 111 Å². The maximum Gasteiger partial charge on any atom is 0.323 e. The summed E-state index contributed by atoms with van der Waals surface area (Å²) in [6, 6.07) is 18.0. The van der Waals surface area contributed by atoms with Crippen LogP contribution in [-0.4, -0.2) is 174 Å². The van der Waals surface area contributed by atoms with E-state index in [1.165, 1.54) is 0 Å². The van der Waals surface area contributed by atoms with E-state index >= 15 is 0 Å². The van der Waals surface area contributed by atoms with E-state index < -0.39 is 40.2 Å². The van der Waals surface area contributed by atoms with Crippen molar-refractivity contribution in [2.75, 3.05) is 105 Å². The lowest BCUT2D eigenvalue weighted by Crippen LogP contribution is -2.42. The predicted molar refractivity (Wildman–Crippen MR) is 307 cm³/mol. The molecule has 0 radical (unpaired) electrons. The monoisotopic (exact) mass is 1100 g/mol. The van der Waals surface area contributed by atoms with Gasteiger partial charge < -0.3 is 38.6 Å². The molecule has 0 aliphatic carbocycles. The van der Waals surface area contributed by atoms with E-state index in [2.05, 4.69) is 67.1 Å². The molecular weight excluding hydrogens is 1000 g/mol. The first kappa shape index (κ1) is 68.1. The molecule has 430 valence electrons. The zero-order chi connectivity index (χ0) is 55.7. The maximum atomic E-state index is 13.1. The number of carbonyl (C=O) groups excluding carboxylic acids is 6.